The van der Waals surface area contributed by atoms with Crippen LogP contribution in [0.15, 0.2) is 24.3 Å². The molecule has 1 aromatic carbocycles. The van der Waals surface area contributed by atoms with Gasteiger partial charge in [0.15, 0.2) is 0 Å². The number of nitrogens with one attached hydrogen (secondary N) is 2. The molecule has 2 heterocycles. The molecule has 0 radical (unpaired) electrons. The molecule has 1 saturated carbocycles. The summed E-state index contributed by atoms with van der Waals surface area (Å²) in [7, 11) is 0. The van der Waals surface area contributed by atoms with Crippen molar-refractivity contribution in [3.05, 3.63) is 41.1 Å². The Labute approximate surface area is 130 Å². The number of benzene rings is 1. The van der Waals surface area contributed by atoms with Crippen LogP contribution in [0.5, 0.6) is 0 Å². The topological polar surface area (TPSA) is 54.0 Å². The van der Waals surface area contributed by atoms with Gasteiger partial charge in [0.2, 0.25) is 0 Å². The van der Waals surface area contributed by atoms with Crippen molar-refractivity contribution in [3.8, 4) is 0 Å². The van der Waals surface area contributed by atoms with Gasteiger partial charge in [-0.1, -0.05) is 11.6 Å². The van der Waals surface area contributed by atoms with Crippen LogP contribution in [0.25, 0.3) is 10.9 Å². The number of aromatic nitrogens is 1. The molecule has 114 valence electrons. The monoisotopic (exact) mass is 295 g/mol. The quantitative estimate of drug-likeness (QED) is 0.915. The minimum Gasteiger partial charge on any atom is -0.348 e. The lowest BCUT2D eigenvalue weighted by molar-refractivity contribution is 0.0941. The minimum atomic E-state index is 0.0357. The van der Waals surface area contributed by atoms with Gasteiger partial charge in [-0.3, -0.25) is 9.78 Å². The molecule has 0 spiro atoms. The summed E-state index contributed by atoms with van der Waals surface area (Å²) in [6, 6.07) is 8.42. The summed E-state index contributed by atoms with van der Waals surface area (Å²) in [5.74, 6) is 0.582. The van der Waals surface area contributed by atoms with Crippen molar-refractivity contribution in [2.45, 2.75) is 38.1 Å². The van der Waals surface area contributed by atoms with Gasteiger partial charge in [0.1, 0.15) is 0 Å². The van der Waals surface area contributed by atoms with Crippen molar-refractivity contribution in [2.75, 3.05) is 13.1 Å². The molecule has 1 amide bonds. The lowest BCUT2D eigenvalue weighted by atomic mass is 10.0. The summed E-state index contributed by atoms with van der Waals surface area (Å²) in [5.41, 5.74) is 3.95. The van der Waals surface area contributed by atoms with E-state index in [2.05, 4.69) is 29.7 Å². The number of hydrogen-bond acceptors (Lipinski definition) is 3. The average Bonchev–Trinajstić information content (AvgIpc) is 3.24. The van der Waals surface area contributed by atoms with Crippen LogP contribution in [0.3, 0.4) is 0 Å². The fraction of sp³-hybridized carbons (Fsp3) is 0.444. The van der Waals surface area contributed by atoms with Crippen molar-refractivity contribution >= 4 is 16.8 Å². The fourth-order valence-electron chi connectivity index (χ4n) is 3.18. The van der Waals surface area contributed by atoms with Gasteiger partial charge in [0.05, 0.1) is 11.1 Å². The van der Waals surface area contributed by atoms with E-state index in [1.165, 1.54) is 12.8 Å². The summed E-state index contributed by atoms with van der Waals surface area (Å²) < 4.78 is 0. The Hall–Kier alpha value is -1.94. The standard InChI is InChI=1S/C18H21N3O/c1-11-2-5-16-14(8-11)15(9-17(21-16)12-3-4-12)18(22)20-13-6-7-19-10-13/h2,5,8-9,12-13,19H,3-4,6-7,10H2,1H3,(H,20,22). The number of aryl methyl sites for hydroxylation is 1. The van der Waals surface area contributed by atoms with Crippen LogP contribution in [0, 0.1) is 6.92 Å². The zero-order valence-electron chi connectivity index (χ0n) is 12.9. The van der Waals surface area contributed by atoms with Crippen LogP contribution < -0.4 is 10.6 Å². The first-order valence-corrected chi connectivity index (χ1v) is 8.13. The van der Waals surface area contributed by atoms with Crippen LogP contribution >= 0.6 is 0 Å². The predicted molar refractivity (Wildman–Crippen MR) is 87.2 cm³/mol. The third-order valence-corrected chi connectivity index (χ3v) is 4.62. The number of nitrogens with zero attached hydrogens (tertiary/aromatic N) is 1. The lowest BCUT2D eigenvalue weighted by Crippen LogP contribution is -2.36. The molecule has 4 heteroatoms. The van der Waals surface area contributed by atoms with Crippen LogP contribution in [0.2, 0.25) is 0 Å². The molecular formula is C18H21N3O. The molecule has 2 N–H and O–H groups in total. The number of carbonyl (C=O) groups is 1. The highest BCUT2D eigenvalue weighted by Gasteiger charge is 2.27. The number of fused-ring (bicyclic) bond motifs is 1. The van der Waals surface area contributed by atoms with E-state index in [9.17, 15) is 4.79 Å². The van der Waals surface area contributed by atoms with E-state index in [0.29, 0.717) is 5.92 Å². The molecule has 1 aliphatic heterocycles. The van der Waals surface area contributed by atoms with E-state index in [1.54, 1.807) is 0 Å². The first kappa shape index (κ1) is 13.7. The first-order valence-electron chi connectivity index (χ1n) is 8.13. The van der Waals surface area contributed by atoms with Crippen LogP contribution in [-0.2, 0) is 0 Å². The van der Waals surface area contributed by atoms with Gasteiger partial charge >= 0.3 is 0 Å². The summed E-state index contributed by atoms with van der Waals surface area (Å²) in [4.78, 5) is 17.5. The van der Waals surface area contributed by atoms with Crippen molar-refractivity contribution < 1.29 is 4.79 Å². The minimum absolute atomic E-state index is 0.0357. The van der Waals surface area contributed by atoms with Gasteiger partial charge in [-0.2, -0.15) is 0 Å². The largest absolute Gasteiger partial charge is 0.348 e. The molecule has 4 nitrogen and oxygen atoms in total. The molecular weight excluding hydrogens is 274 g/mol. The maximum Gasteiger partial charge on any atom is 0.252 e. The lowest BCUT2D eigenvalue weighted by Gasteiger charge is -2.14. The Balaban J connectivity index is 1.75. The van der Waals surface area contributed by atoms with Crippen molar-refractivity contribution in [3.63, 3.8) is 0 Å². The Morgan fingerprint density at radius 3 is 2.86 bits per heavy atom. The third-order valence-electron chi connectivity index (χ3n) is 4.62. The number of hydrogen-bond donors (Lipinski definition) is 2. The van der Waals surface area contributed by atoms with Gasteiger partial charge in [-0.15, -0.1) is 0 Å². The Bertz CT molecular complexity index is 730. The van der Waals surface area contributed by atoms with Crippen molar-refractivity contribution in [1.29, 1.82) is 0 Å². The summed E-state index contributed by atoms with van der Waals surface area (Å²) >= 11 is 0. The van der Waals surface area contributed by atoms with Gasteiger partial charge in [0.25, 0.3) is 5.91 Å². The molecule has 1 aliphatic carbocycles. The number of carbonyl (C=O) groups excluding carboxylic acids is 1. The molecule has 22 heavy (non-hydrogen) atoms. The molecule has 1 unspecified atom stereocenters. The molecule has 2 aromatic rings. The molecule has 2 aliphatic rings. The van der Waals surface area contributed by atoms with E-state index in [1.807, 2.05) is 12.1 Å². The second-order valence-electron chi connectivity index (χ2n) is 6.55. The smallest absolute Gasteiger partial charge is 0.252 e. The van der Waals surface area contributed by atoms with Crippen molar-refractivity contribution in [1.82, 2.24) is 15.6 Å². The van der Waals surface area contributed by atoms with E-state index in [4.69, 9.17) is 4.98 Å². The summed E-state index contributed by atoms with van der Waals surface area (Å²) in [5, 5.41) is 7.42. The normalized spacial score (nSPS) is 21.2. The maximum atomic E-state index is 12.8. The molecule has 1 aromatic heterocycles. The second-order valence-corrected chi connectivity index (χ2v) is 6.55. The van der Waals surface area contributed by atoms with Crippen LogP contribution in [-0.4, -0.2) is 30.0 Å². The molecule has 2 fully saturated rings. The van der Waals surface area contributed by atoms with E-state index < -0.39 is 0 Å². The number of pyridine rings is 1. The van der Waals surface area contributed by atoms with E-state index >= 15 is 0 Å². The van der Waals surface area contributed by atoms with E-state index in [0.717, 1.165) is 47.2 Å². The Kier molecular flexibility index (Phi) is 3.34. The van der Waals surface area contributed by atoms with Gasteiger partial charge in [-0.25, -0.2) is 0 Å². The number of rotatable bonds is 3. The highest BCUT2D eigenvalue weighted by atomic mass is 16.1. The molecule has 1 atom stereocenters. The molecule has 0 bridgehead atoms. The van der Waals surface area contributed by atoms with Gasteiger partial charge in [0, 0.05) is 29.6 Å². The maximum absolute atomic E-state index is 12.8. The SMILES string of the molecule is Cc1ccc2nc(C3CC3)cc(C(=O)NC3CCNC3)c2c1. The van der Waals surface area contributed by atoms with E-state index in [-0.39, 0.29) is 11.9 Å². The highest BCUT2D eigenvalue weighted by Crippen LogP contribution is 2.40. The Morgan fingerprint density at radius 1 is 1.27 bits per heavy atom. The molecule has 1 saturated heterocycles. The third kappa shape index (κ3) is 2.59. The summed E-state index contributed by atoms with van der Waals surface area (Å²) in [6.07, 6.45) is 3.39. The molecule has 4 rings (SSSR count). The Morgan fingerprint density at radius 2 is 2.14 bits per heavy atom. The predicted octanol–water partition coefficient (Wildman–Crippen LogP) is 2.51. The zero-order valence-corrected chi connectivity index (χ0v) is 12.9. The van der Waals surface area contributed by atoms with Crippen LogP contribution in [0.1, 0.15) is 46.8 Å². The summed E-state index contributed by atoms with van der Waals surface area (Å²) in [6.45, 7) is 3.90. The van der Waals surface area contributed by atoms with Gasteiger partial charge in [-0.05, 0) is 50.9 Å². The van der Waals surface area contributed by atoms with Crippen LogP contribution in [0.4, 0.5) is 0 Å². The zero-order chi connectivity index (χ0) is 15.1. The average molecular weight is 295 g/mol. The number of amides is 1. The van der Waals surface area contributed by atoms with Crippen molar-refractivity contribution in [2.24, 2.45) is 0 Å². The second kappa shape index (κ2) is 5.36. The van der Waals surface area contributed by atoms with Gasteiger partial charge < -0.3 is 10.6 Å². The fourth-order valence-corrected chi connectivity index (χ4v) is 3.18. The first-order chi connectivity index (χ1) is 10.7. The highest BCUT2D eigenvalue weighted by molar-refractivity contribution is 6.06.